The third-order valence-electron chi connectivity index (χ3n) is 5.22. The average Bonchev–Trinajstić information content (AvgIpc) is 2.44. The number of hydrogen-bond donors (Lipinski definition) is 0. The van der Waals surface area contributed by atoms with Crippen LogP contribution in [-0.4, -0.2) is 12.9 Å². The van der Waals surface area contributed by atoms with Crippen molar-refractivity contribution in [2.75, 3.05) is 7.11 Å². The third-order valence-corrected chi connectivity index (χ3v) is 5.22. The van der Waals surface area contributed by atoms with Gasteiger partial charge in [0.1, 0.15) is 11.5 Å². The molecular formula is C17H18O2. The highest BCUT2D eigenvalue weighted by molar-refractivity contribution is 5.90. The topological polar surface area (TPSA) is 26.3 Å². The summed E-state index contributed by atoms with van der Waals surface area (Å²) in [7, 11) is 1.72. The van der Waals surface area contributed by atoms with Gasteiger partial charge in [-0.25, -0.2) is 0 Å². The van der Waals surface area contributed by atoms with Crippen LogP contribution in [0.4, 0.5) is 0 Å². The van der Waals surface area contributed by atoms with Gasteiger partial charge in [0.05, 0.1) is 7.11 Å². The van der Waals surface area contributed by atoms with Gasteiger partial charge in [-0.15, -0.1) is 0 Å². The number of Topliss-reactive ketones (excluding diaryl/α,β-unsaturated/α-hetero) is 1. The highest BCUT2D eigenvalue weighted by atomic mass is 16.5. The number of fused-ring (bicyclic) bond motifs is 5. The number of hydrogen-bond acceptors (Lipinski definition) is 2. The first-order valence-electron chi connectivity index (χ1n) is 7.18. The molecule has 4 rings (SSSR count). The lowest BCUT2D eigenvalue weighted by Crippen LogP contribution is -2.44. The zero-order valence-electron chi connectivity index (χ0n) is 11.2. The monoisotopic (exact) mass is 254 g/mol. The summed E-state index contributed by atoms with van der Waals surface area (Å²) in [5.41, 5.74) is 4.30. The number of rotatable bonds is 1. The summed E-state index contributed by atoms with van der Waals surface area (Å²) in [4.78, 5) is 11.6. The summed E-state index contributed by atoms with van der Waals surface area (Å²) < 4.78 is 5.32. The molecule has 2 nitrogen and oxygen atoms in total. The summed E-state index contributed by atoms with van der Waals surface area (Å²) in [5, 5.41) is 0. The first kappa shape index (κ1) is 11.3. The molecule has 2 heteroatoms. The Hall–Kier alpha value is -1.57. The van der Waals surface area contributed by atoms with Crippen LogP contribution in [0.3, 0.4) is 0 Å². The lowest BCUT2D eigenvalue weighted by Gasteiger charge is -2.46. The molecule has 1 saturated carbocycles. The number of allylic oxidation sites excluding steroid dienone is 2. The second-order valence-corrected chi connectivity index (χ2v) is 6.00. The van der Waals surface area contributed by atoms with Gasteiger partial charge in [-0.3, -0.25) is 4.79 Å². The Morgan fingerprint density at radius 3 is 2.95 bits per heavy atom. The highest BCUT2D eigenvalue weighted by Crippen LogP contribution is 2.52. The fourth-order valence-corrected chi connectivity index (χ4v) is 4.14. The Balaban J connectivity index is 1.75. The van der Waals surface area contributed by atoms with E-state index < -0.39 is 0 Å². The van der Waals surface area contributed by atoms with Gasteiger partial charge in [-0.05, 0) is 59.9 Å². The molecule has 1 aromatic rings. The first-order valence-corrected chi connectivity index (χ1v) is 7.18. The Kier molecular flexibility index (Phi) is 2.35. The van der Waals surface area contributed by atoms with Gasteiger partial charge < -0.3 is 4.74 Å². The largest absolute Gasteiger partial charge is 0.497 e. The van der Waals surface area contributed by atoms with Crippen LogP contribution in [0.2, 0.25) is 0 Å². The van der Waals surface area contributed by atoms with Crippen molar-refractivity contribution < 1.29 is 9.53 Å². The number of methoxy groups -OCH3 is 1. The van der Waals surface area contributed by atoms with Crippen LogP contribution in [0, 0.1) is 17.8 Å². The van der Waals surface area contributed by atoms with Crippen molar-refractivity contribution in [3.8, 4) is 5.75 Å². The van der Waals surface area contributed by atoms with Crippen LogP contribution in [0.5, 0.6) is 5.75 Å². The molecule has 1 aromatic carbocycles. The van der Waals surface area contributed by atoms with Gasteiger partial charge in [0.2, 0.25) is 0 Å². The molecule has 1 fully saturated rings. The fraction of sp³-hybridized carbons (Fsp3) is 0.471. The molecule has 0 aliphatic heterocycles. The Labute approximate surface area is 113 Å². The van der Waals surface area contributed by atoms with E-state index in [0.717, 1.165) is 25.0 Å². The zero-order chi connectivity index (χ0) is 13.0. The van der Waals surface area contributed by atoms with Crippen molar-refractivity contribution in [2.45, 2.75) is 25.7 Å². The standard InChI is InChI=1S/C17H18O2/c1-19-11-3-5-12-10(8-11)2-4-14-13(12)6-7-15-16(14)9-17(15)18/h3,5-6,8,14-16H,2,4,7,9H2,1H3/t14?,15-,16+/m0/s1. The molecule has 3 atom stereocenters. The third kappa shape index (κ3) is 1.52. The zero-order valence-corrected chi connectivity index (χ0v) is 11.2. The van der Waals surface area contributed by atoms with Gasteiger partial charge in [-0.2, -0.15) is 0 Å². The average molecular weight is 254 g/mol. The normalized spacial score (nSPS) is 31.5. The quantitative estimate of drug-likeness (QED) is 0.769. The lowest BCUT2D eigenvalue weighted by molar-refractivity contribution is -0.135. The van der Waals surface area contributed by atoms with Crippen molar-refractivity contribution in [3.63, 3.8) is 0 Å². The minimum absolute atomic E-state index is 0.341. The number of carbonyl (C=O) groups excluding carboxylic acids is 1. The minimum atomic E-state index is 0.341. The summed E-state index contributed by atoms with van der Waals surface area (Å²) in [5.74, 6) is 3.03. The van der Waals surface area contributed by atoms with Crippen molar-refractivity contribution >= 4 is 11.4 Å². The highest BCUT2D eigenvalue weighted by Gasteiger charge is 2.47. The molecule has 1 unspecified atom stereocenters. The fourth-order valence-electron chi connectivity index (χ4n) is 4.14. The van der Waals surface area contributed by atoms with Crippen molar-refractivity contribution in [3.05, 3.63) is 35.4 Å². The number of benzene rings is 1. The summed E-state index contributed by atoms with van der Waals surface area (Å²) in [6, 6.07) is 6.43. The van der Waals surface area contributed by atoms with Crippen LogP contribution >= 0.6 is 0 Å². The Bertz CT molecular complexity index is 585. The Morgan fingerprint density at radius 1 is 1.26 bits per heavy atom. The van der Waals surface area contributed by atoms with E-state index in [-0.39, 0.29) is 0 Å². The second-order valence-electron chi connectivity index (χ2n) is 6.00. The molecular weight excluding hydrogens is 236 g/mol. The van der Waals surface area contributed by atoms with Crippen LogP contribution in [-0.2, 0) is 11.2 Å². The van der Waals surface area contributed by atoms with Crippen molar-refractivity contribution in [2.24, 2.45) is 17.8 Å². The molecule has 0 aromatic heterocycles. The van der Waals surface area contributed by atoms with E-state index >= 15 is 0 Å². The molecule has 19 heavy (non-hydrogen) atoms. The number of ketones is 1. The first-order chi connectivity index (χ1) is 9.28. The number of carbonyl (C=O) groups is 1. The van der Waals surface area contributed by atoms with E-state index in [1.807, 2.05) is 0 Å². The van der Waals surface area contributed by atoms with Gasteiger partial charge in [-0.1, -0.05) is 12.1 Å². The van der Waals surface area contributed by atoms with Crippen LogP contribution < -0.4 is 4.74 Å². The summed E-state index contributed by atoms with van der Waals surface area (Å²) >= 11 is 0. The van der Waals surface area contributed by atoms with Crippen molar-refractivity contribution in [1.29, 1.82) is 0 Å². The molecule has 3 aliphatic carbocycles. The van der Waals surface area contributed by atoms with E-state index in [0.29, 0.717) is 23.5 Å². The molecule has 3 aliphatic rings. The van der Waals surface area contributed by atoms with Crippen LogP contribution in [0.1, 0.15) is 30.4 Å². The van der Waals surface area contributed by atoms with Crippen LogP contribution in [0.25, 0.3) is 5.57 Å². The maximum atomic E-state index is 11.6. The smallest absolute Gasteiger partial charge is 0.136 e. The van der Waals surface area contributed by atoms with Gasteiger partial charge in [0.15, 0.2) is 0 Å². The predicted molar refractivity (Wildman–Crippen MR) is 74.0 cm³/mol. The SMILES string of the molecule is COc1ccc2c(c1)CCC1C2=CC[C@@H]2C(=O)C[C@H]12. The summed E-state index contributed by atoms with van der Waals surface area (Å²) in [6.45, 7) is 0. The van der Waals surface area contributed by atoms with Crippen LogP contribution in [0.15, 0.2) is 24.3 Å². The van der Waals surface area contributed by atoms with E-state index in [4.69, 9.17) is 4.74 Å². The molecule has 0 N–H and O–H groups in total. The predicted octanol–water partition coefficient (Wildman–Crippen LogP) is 3.25. The second kappa shape index (κ2) is 3.96. The van der Waals surface area contributed by atoms with E-state index in [1.165, 1.54) is 23.1 Å². The Morgan fingerprint density at radius 2 is 2.16 bits per heavy atom. The molecule has 0 bridgehead atoms. The van der Waals surface area contributed by atoms with Gasteiger partial charge in [0, 0.05) is 12.3 Å². The van der Waals surface area contributed by atoms with E-state index in [2.05, 4.69) is 24.3 Å². The molecule has 0 spiro atoms. The maximum absolute atomic E-state index is 11.6. The van der Waals surface area contributed by atoms with Gasteiger partial charge in [0.25, 0.3) is 0 Å². The lowest BCUT2D eigenvalue weighted by atomic mass is 9.56. The molecule has 0 heterocycles. The summed E-state index contributed by atoms with van der Waals surface area (Å²) in [6.07, 6.45) is 6.42. The van der Waals surface area contributed by atoms with Gasteiger partial charge >= 0.3 is 0 Å². The number of aryl methyl sites for hydroxylation is 1. The maximum Gasteiger partial charge on any atom is 0.136 e. The molecule has 0 amide bonds. The van der Waals surface area contributed by atoms with E-state index in [1.54, 1.807) is 7.11 Å². The van der Waals surface area contributed by atoms with E-state index in [9.17, 15) is 4.79 Å². The molecule has 98 valence electrons. The van der Waals surface area contributed by atoms with Crippen molar-refractivity contribution in [1.82, 2.24) is 0 Å². The molecule has 0 radical (unpaired) electrons. The molecule has 0 saturated heterocycles. The number of ether oxygens (including phenoxy) is 1. The minimum Gasteiger partial charge on any atom is -0.497 e.